The lowest BCUT2D eigenvalue weighted by Gasteiger charge is -2.24. The van der Waals surface area contributed by atoms with Crippen molar-refractivity contribution in [1.29, 1.82) is 5.26 Å². The molecule has 6 nitrogen and oxygen atoms in total. The van der Waals surface area contributed by atoms with Gasteiger partial charge in [0, 0.05) is 58.6 Å². The number of para-hydroxylation sites is 1. The minimum atomic E-state index is -0.714. The Hall–Kier alpha value is -5.15. The first-order valence-electron chi connectivity index (χ1n) is 13.4. The highest BCUT2D eigenvalue weighted by molar-refractivity contribution is 6.10. The van der Waals surface area contributed by atoms with E-state index in [1.807, 2.05) is 72.8 Å². The van der Waals surface area contributed by atoms with Crippen molar-refractivity contribution >= 4 is 39.3 Å². The van der Waals surface area contributed by atoms with Crippen LogP contribution in [-0.4, -0.2) is 33.9 Å². The van der Waals surface area contributed by atoms with Gasteiger partial charge in [-0.05, 0) is 60.0 Å². The first-order chi connectivity index (χ1) is 19.6. The van der Waals surface area contributed by atoms with E-state index in [1.165, 1.54) is 6.08 Å². The fraction of sp³-hybridized carbons (Fsp3) is 0.147. The van der Waals surface area contributed by atoms with E-state index < -0.39 is 6.04 Å². The van der Waals surface area contributed by atoms with Crippen molar-refractivity contribution in [2.24, 2.45) is 0 Å². The van der Waals surface area contributed by atoms with Gasteiger partial charge >= 0.3 is 0 Å². The number of amides is 2. The summed E-state index contributed by atoms with van der Waals surface area (Å²) in [4.78, 5) is 28.8. The van der Waals surface area contributed by atoms with Crippen LogP contribution in [0.3, 0.4) is 0 Å². The molecule has 0 spiro atoms. The third-order valence-electron chi connectivity index (χ3n) is 7.63. The average molecular weight is 525 g/mol. The summed E-state index contributed by atoms with van der Waals surface area (Å²) in [5.74, 6) is -0.503. The molecule has 6 rings (SSSR count). The molecule has 2 heterocycles. The molecular formula is C34H28N4O2. The van der Waals surface area contributed by atoms with Crippen molar-refractivity contribution in [3.63, 3.8) is 0 Å². The van der Waals surface area contributed by atoms with Gasteiger partial charge in [0.15, 0.2) is 0 Å². The number of rotatable bonds is 5. The molecule has 0 radical (unpaired) electrons. The summed E-state index contributed by atoms with van der Waals surface area (Å²) in [7, 11) is 0. The molecule has 0 aliphatic carbocycles. The Kier molecular flexibility index (Phi) is 6.63. The van der Waals surface area contributed by atoms with Gasteiger partial charge in [-0.25, -0.2) is 0 Å². The Balaban J connectivity index is 1.27. The van der Waals surface area contributed by atoms with Gasteiger partial charge in [-0.3, -0.25) is 9.59 Å². The minimum absolute atomic E-state index is 0.234. The van der Waals surface area contributed by atoms with E-state index in [0.29, 0.717) is 17.7 Å². The maximum atomic E-state index is 13.6. The van der Waals surface area contributed by atoms with Gasteiger partial charge in [0.25, 0.3) is 5.91 Å². The maximum absolute atomic E-state index is 13.6. The number of hydrogen-bond donors (Lipinski definition) is 1. The predicted octanol–water partition coefficient (Wildman–Crippen LogP) is 6.78. The number of aryl methyl sites for hydroxylation is 1. The monoisotopic (exact) mass is 524 g/mol. The molecule has 1 N–H and O–H groups in total. The molecule has 40 heavy (non-hydrogen) atoms. The quantitative estimate of drug-likeness (QED) is 0.257. The predicted molar refractivity (Wildman–Crippen MR) is 159 cm³/mol. The van der Waals surface area contributed by atoms with Gasteiger partial charge in [0.2, 0.25) is 5.91 Å². The van der Waals surface area contributed by atoms with Crippen LogP contribution >= 0.6 is 0 Å². The average Bonchev–Trinajstić information content (AvgIpc) is 3.56. The van der Waals surface area contributed by atoms with Gasteiger partial charge in [-0.2, -0.15) is 5.26 Å². The number of nitrogens with one attached hydrogen (secondary N) is 1. The maximum Gasteiger partial charge on any atom is 0.254 e. The van der Waals surface area contributed by atoms with Crippen LogP contribution in [0.1, 0.15) is 23.7 Å². The number of aromatic nitrogens is 1. The topological polar surface area (TPSA) is 78.1 Å². The number of carbonyl (C=O) groups excluding carboxylic acids is 2. The van der Waals surface area contributed by atoms with Crippen LogP contribution < -0.4 is 5.32 Å². The molecule has 196 valence electrons. The van der Waals surface area contributed by atoms with Crippen molar-refractivity contribution < 1.29 is 9.59 Å². The van der Waals surface area contributed by atoms with Crippen LogP contribution in [0, 0.1) is 11.3 Å². The SMILES string of the molecule is CCn1c2ccccc2c2cc(NC(=O)[C@@H]3CC(=CC#N)CN3C(=O)c3ccc(-c4ccccc4)cc3)ccc21. The number of hydrogen-bond acceptors (Lipinski definition) is 3. The summed E-state index contributed by atoms with van der Waals surface area (Å²) in [6.07, 6.45) is 1.77. The highest BCUT2D eigenvalue weighted by Crippen LogP contribution is 2.32. The highest BCUT2D eigenvalue weighted by Gasteiger charge is 2.37. The van der Waals surface area contributed by atoms with Gasteiger partial charge < -0.3 is 14.8 Å². The summed E-state index contributed by atoms with van der Waals surface area (Å²) in [5, 5.41) is 14.5. The van der Waals surface area contributed by atoms with Crippen LogP contribution in [0.25, 0.3) is 32.9 Å². The van der Waals surface area contributed by atoms with E-state index in [4.69, 9.17) is 0 Å². The van der Waals surface area contributed by atoms with Crippen LogP contribution in [-0.2, 0) is 11.3 Å². The third kappa shape index (κ3) is 4.52. The van der Waals surface area contributed by atoms with E-state index >= 15 is 0 Å². The minimum Gasteiger partial charge on any atom is -0.341 e. The van der Waals surface area contributed by atoms with E-state index in [-0.39, 0.29) is 18.4 Å². The summed E-state index contributed by atoms with van der Waals surface area (Å²) in [6.45, 7) is 3.21. The fourth-order valence-corrected chi connectivity index (χ4v) is 5.69. The largest absolute Gasteiger partial charge is 0.341 e. The lowest BCUT2D eigenvalue weighted by atomic mass is 10.0. The molecular weight excluding hydrogens is 496 g/mol. The van der Waals surface area contributed by atoms with Crippen LogP contribution in [0.2, 0.25) is 0 Å². The second kappa shape index (κ2) is 10.5. The van der Waals surface area contributed by atoms with Gasteiger partial charge in [-0.15, -0.1) is 0 Å². The van der Waals surface area contributed by atoms with E-state index in [0.717, 1.165) is 45.1 Å². The highest BCUT2D eigenvalue weighted by atomic mass is 16.2. The molecule has 1 atom stereocenters. The molecule has 2 amide bonds. The zero-order valence-electron chi connectivity index (χ0n) is 22.2. The summed E-state index contributed by atoms with van der Waals surface area (Å²) in [5.41, 5.74) is 6.28. The van der Waals surface area contributed by atoms with E-state index in [9.17, 15) is 14.9 Å². The number of anilines is 1. The number of nitrogens with zero attached hydrogens (tertiary/aromatic N) is 3. The Labute approximate surface area is 232 Å². The van der Waals surface area contributed by atoms with Gasteiger partial charge in [0.05, 0.1) is 6.07 Å². The number of likely N-dealkylation sites (tertiary alicyclic amines) is 1. The first kappa shape index (κ1) is 25.1. The molecule has 1 saturated heterocycles. The standard InChI is InChI=1S/C34H28N4O2/c1-2-37-30-11-7-6-10-28(30)29-21-27(16-17-31(29)37)36-33(39)32-20-23(18-19-35)22-38(32)34(40)26-14-12-25(13-15-26)24-8-4-3-5-9-24/h3-18,21,32H,2,20,22H2,1H3,(H,36,39)/t32-/m0/s1. The lowest BCUT2D eigenvalue weighted by Crippen LogP contribution is -2.43. The van der Waals surface area contributed by atoms with Crippen LogP contribution in [0.15, 0.2) is 109 Å². The number of allylic oxidation sites excluding steroid dienone is 1. The van der Waals surface area contributed by atoms with Crippen molar-refractivity contribution in [3.05, 3.63) is 114 Å². The molecule has 1 fully saturated rings. The Morgan fingerprint density at radius 2 is 1.60 bits per heavy atom. The zero-order valence-corrected chi connectivity index (χ0v) is 22.2. The Morgan fingerprint density at radius 1 is 0.900 bits per heavy atom. The molecule has 1 aliphatic heterocycles. The normalized spacial score (nSPS) is 15.9. The Morgan fingerprint density at radius 3 is 2.35 bits per heavy atom. The number of benzene rings is 4. The van der Waals surface area contributed by atoms with Gasteiger partial charge in [-0.1, -0.05) is 60.7 Å². The van der Waals surface area contributed by atoms with Crippen molar-refractivity contribution in [1.82, 2.24) is 9.47 Å². The first-order valence-corrected chi connectivity index (χ1v) is 13.4. The number of nitriles is 1. The summed E-state index contributed by atoms with van der Waals surface area (Å²) < 4.78 is 2.26. The van der Waals surface area contributed by atoms with Gasteiger partial charge in [0.1, 0.15) is 6.04 Å². The second-order valence-electron chi connectivity index (χ2n) is 10.0. The van der Waals surface area contributed by atoms with Crippen molar-refractivity contribution in [2.75, 3.05) is 11.9 Å². The molecule has 1 aliphatic rings. The summed E-state index contributed by atoms with van der Waals surface area (Å²) in [6, 6.07) is 32.9. The molecule has 1 aromatic heterocycles. The molecule has 5 aromatic rings. The van der Waals surface area contributed by atoms with E-state index in [1.54, 1.807) is 17.0 Å². The lowest BCUT2D eigenvalue weighted by molar-refractivity contribution is -0.119. The summed E-state index contributed by atoms with van der Waals surface area (Å²) >= 11 is 0. The molecule has 0 bridgehead atoms. The third-order valence-corrected chi connectivity index (χ3v) is 7.63. The number of carbonyl (C=O) groups is 2. The van der Waals surface area contributed by atoms with E-state index in [2.05, 4.69) is 35.0 Å². The molecule has 0 unspecified atom stereocenters. The smallest absolute Gasteiger partial charge is 0.254 e. The Bertz CT molecular complexity index is 1810. The molecule has 4 aromatic carbocycles. The van der Waals surface area contributed by atoms with Crippen LogP contribution in [0.4, 0.5) is 5.69 Å². The second-order valence-corrected chi connectivity index (χ2v) is 10.0. The zero-order chi connectivity index (χ0) is 27.6. The molecule has 6 heteroatoms. The number of fused-ring (bicyclic) bond motifs is 3. The molecule has 0 saturated carbocycles. The fourth-order valence-electron chi connectivity index (χ4n) is 5.69. The van der Waals surface area contributed by atoms with Crippen molar-refractivity contribution in [3.8, 4) is 17.2 Å². The van der Waals surface area contributed by atoms with Crippen LogP contribution in [0.5, 0.6) is 0 Å². The van der Waals surface area contributed by atoms with Crippen molar-refractivity contribution in [2.45, 2.75) is 25.9 Å².